The van der Waals surface area contributed by atoms with Crippen molar-refractivity contribution in [3.8, 4) is 0 Å². The van der Waals surface area contributed by atoms with E-state index < -0.39 is 0 Å². The molecule has 0 saturated carbocycles. The van der Waals surface area contributed by atoms with E-state index in [0.29, 0.717) is 0 Å². The molecule has 0 amide bonds. The van der Waals surface area contributed by atoms with Crippen LogP contribution in [0.15, 0.2) is 0 Å². The Morgan fingerprint density at radius 3 is 2.79 bits per heavy atom. The zero-order chi connectivity index (χ0) is 10.2. The van der Waals surface area contributed by atoms with Crippen molar-refractivity contribution >= 4 is 5.95 Å². The van der Waals surface area contributed by atoms with E-state index >= 15 is 0 Å². The first-order chi connectivity index (χ1) is 6.67. The standard InChI is InChI=1S/C9H17N5/c1-9(4-5-11-6-9)7-12-13-8(10-2)14(7)3/h11H,4-6H2,1-3H3,(H,10,13). The van der Waals surface area contributed by atoms with Crippen molar-refractivity contribution in [1.82, 2.24) is 20.1 Å². The predicted molar refractivity (Wildman–Crippen MR) is 55.4 cm³/mol. The summed E-state index contributed by atoms with van der Waals surface area (Å²) in [4.78, 5) is 0. The Morgan fingerprint density at radius 1 is 1.50 bits per heavy atom. The van der Waals surface area contributed by atoms with Gasteiger partial charge in [0.2, 0.25) is 5.95 Å². The molecule has 5 heteroatoms. The summed E-state index contributed by atoms with van der Waals surface area (Å²) in [6.45, 7) is 4.29. The lowest BCUT2D eigenvalue weighted by atomic mass is 9.89. The first-order valence-electron chi connectivity index (χ1n) is 4.96. The minimum Gasteiger partial charge on any atom is -0.357 e. The molecule has 1 aliphatic rings. The molecule has 1 saturated heterocycles. The Bertz CT molecular complexity index is 324. The maximum absolute atomic E-state index is 4.25. The van der Waals surface area contributed by atoms with Gasteiger partial charge in [-0.15, -0.1) is 10.2 Å². The Morgan fingerprint density at radius 2 is 2.29 bits per heavy atom. The Kier molecular flexibility index (Phi) is 2.19. The van der Waals surface area contributed by atoms with E-state index in [-0.39, 0.29) is 5.41 Å². The van der Waals surface area contributed by atoms with Crippen LogP contribution in [-0.4, -0.2) is 34.9 Å². The van der Waals surface area contributed by atoms with Crippen LogP contribution >= 0.6 is 0 Å². The van der Waals surface area contributed by atoms with Crippen LogP contribution in [0.1, 0.15) is 19.2 Å². The van der Waals surface area contributed by atoms with Gasteiger partial charge in [-0.3, -0.25) is 0 Å². The topological polar surface area (TPSA) is 54.8 Å². The van der Waals surface area contributed by atoms with Crippen LogP contribution in [0.4, 0.5) is 5.95 Å². The minimum atomic E-state index is 0.136. The van der Waals surface area contributed by atoms with Gasteiger partial charge < -0.3 is 15.2 Å². The SMILES string of the molecule is CNc1nnc(C2(C)CCNC2)n1C. The highest BCUT2D eigenvalue weighted by atomic mass is 15.3. The van der Waals surface area contributed by atoms with Crippen LogP contribution in [0.2, 0.25) is 0 Å². The van der Waals surface area contributed by atoms with Crippen molar-refractivity contribution in [2.45, 2.75) is 18.8 Å². The van der Waals surface area contributed by atoms with Gasteiger partial charge in [-0.25, -0.2) is 0 Å². The van der Waals surface area contributed by atoms with Crippen LogP contribution in [0.3, 0.4) is 0 Å². The molecule has 0 aliphatic carbocycles. The third-order valence-electron chi connectivity index (χ3n) is 3.01. The van der Waals surface area contributed by atoms with Gasteiger partial charge in [0.05, 0.1) is 0 Å². The number of rotatable bonds is 2. The van der Waals surface area contributed by atoms with Crippen LogP contribution in [0.5, 0.6) is 0 Å². The van der Waals surface area contributed by atoms with E-state index in [2.05, 4.69) is 27.8 Å². The van der Waals surface area contributed by atoms with Gasteiger partial charge in [0, 0.05) is 26.1 Å². The molecule has 1 aromatic rings. The van der Waals surface area contributed by atoms with Crippen molar-refractivity contribution in [3.63, 3.8) is 0 Å². The summed E-state index contributed by atoms with van der Waals surface area (Å²) in [7, 11) is 3.87. The fourth-order valence-electron chi connectivity index (χ4n) is 2.08. The lowest BCUT2D eigenvalue weighted by molar-refractivity contribution is 0.471. The number of nitrogens with one attached hydrogen (secondary N) is 2. The van der Waals surface area contributed by atoms with E-state index in [0.717, 1.165) is 31.3 Å². The van der Waals surface area contributed by atoms with Gasteiger partial charge in [-0.05, 0) is 13.0 Å². The summed E-state index contributed by atoms with van der Waals surface area (Å²) in [6.07, 6.45) is 1.13. The molecule has 78 valence electrons. The first-order valence-corrected chi connectivity index (χ1v) is 4.96. The van der Waals surface area contributed by atoms with E-state index in [9.17, 15) is 0 Å². The lowest BCUT2D eigenvalue weighted by Crippen LogP contribution is -2.28. The maximum atomic E-state index is 4.25. The highest BCUT2D eigenvalue weighted by Crippen LogP contribution is 2.29. The average Bonchev–Trinajstić information content (AvgIpc) is 2.73. The number of aromatic nitrogens is 3. The first kappa shape index (κ1) is 9.45. The zero-order valence-corrected chi connectivity index (χ0v) is 8.96. The molecule has 2 rings (SSSR count). The van der Waals surface area contributed by atoms with Gasteiger partial charge >= 0.3 is 0 Å². The van der Waals surface area contributed by atoms with Gasteiger partial charge in [0.15, 0.2) is 0 Å². The zero-order valence-electron chi connectivity index (χ0n) is 8.96. The van der Waals surface area contributed by atoms with Gasteiger partial charge in [-0.2, -0.15) is 0 Å². The largest absolute Gasteiger partial charge is 0.357 e. The lowest BCUT2D eigenvalue weighted by Gasteiger charge is -2.21. The second-order valence-electron chi connectivity index (χ2n) is 4.14. The molecule has 1 unspecified atom stereocenters. The fourth-order valence-corrected chi connectivity index (χ4v) is 2.08. The summed E-state index contributed by atoms with van der Waals surface area (Å²) in [6, 6.07) is 0. The quantitative estimate of drug-likeness (QED) is 0.703. The number of hydrogen-bond donors (Lipinski definition) is 2. The normalized spacial score (nSPS) is 26.8. The fraction of sp³-hybridized carbons (Fsp3) is 0.778. The van der Waals surface area contributed by atoms with Crippen molar-refractivity contribution < 1.29 is 0 Å². The van der Waals surface area contributed by atoms with Gasteiger partial charge in [-0.1, -0.05) is 6.92 Å². The van der Waals surface area contributed by atoms with Crippen LogP contribution in [0, 0.1) is 0 Å². The maximum Gasteiger partial charge on any atom is 0.224 e. The molecule has 14 heavy (non-hydrogen) atoms. The molecule has 1 aromatic heterocycles. The van der Waals surface area contributed by atoms with E-state index in [1.54, 1.807) is 0 Å². The summed E-state index contributed by atoms with van der Waals surface area (Å²) >= 11 is 0. The summed E-state index contributed by atoms with van der Waals surface area (Å²) in [5.41, 5.74) is 0.136. The molecule has 1 fully saturated rings. The van der Waals surface area contributed by atoms with Crippen molar-refractivity contribution in [3.05, 3.63) is 5.82 Å². The monoisotopic (exact) mass is 195 g/mol. The Hall–Kier alpha value is -1.10. The summed E-state index contributed by atoms with van der Waals surface area (Å²) < 4.78 is 2.03. The third-order valence-corrected chi connectivity index (χ3v) is 3.01. The van der Waals surface area contributed by atoms with Crippen LogP contribution in [0.25, 0.3) is 0 Å². The highest BCUT2D eigenvalue weighted by molar-refractivity contribution is 5.27. The molecule has 0 spiro atoms. The van der Waals surface area contributed by atoms with E-state index in [4.69, 9.17) is 0 Å². The minimum absolute atomic E-state index is 0.136. The number of anilines is 1. The molecule has 2 heterocycles. The Labute approximate surface area is 83.9 Å². The van der Waals surface area contributed by atoms with Crippen molar-refractivity contribution in [1.29, 1.82) is 0 Å². The Balaban J connectivity index is 2.35. The second kappa shape index (κ2) is 3.24. The van der Waals surface area contributed by atoms with Crippen LogP contribution in [-0.2, 0) is 12.5 Å². The van der Waals surface area contributed by atoms with E-state index in [1.807, 2.05) is 18.7 Å². The molecule has 0 radical (unpaired) electrons. The summed E-state index contributed by atoms with van der Waals surface area (Å²) in [5, 5.41) is 14.7. The van der Waals surface area contributed by atoms with Crippen molar-refractivity contribution in [2.75, 3.05) is 25.5 Å². The number of hydrogen-bond acceptors (Lipinski definition) is 4. The van der Waals surface area contributed by atoms with Crippen molar-refractivity contribution in [2.24, 2.45) is 7.05 Å². The molecule has 5 nitrogen and oxygen atoms in total. The smallest absolute Gasteiger partial charge is 0.224 e. The summed E-state index contributed by atoms with van der Waals surface area (Å²) in [5.74, 6) is 1.89. The number of nitrogens with zero attached hydrogens (tertiary/aromatic N) is 3. The van der Waals surface area contributed by atoms with Crippen LogP contribution < -0.4 is 10.6 Å². The third kappa shape index (κ3) is 1.28. The molecular formula is C9H17N5. The molecule has 0 bridgehead atoms. The molecule has 1 atom stereocenters. The highest BCUT2D eigenvalue weighted by Gasteiger charge is 2.35. The average molecular weight is 195 g/mol. The molecule has 0 aromatic carbocycles. The molecule has 1 aliphatic heterocycles. The molecular weight excluding hydrogens is 178 g/mol. The van der Waals surface area contributed by atoms with Gasteiger partial charge in [0.1, 0.15) is 5.82 Å². The predicted octanol–water partition coefficient (Wildman–Crippen LogP) is 0.108. The molecule has 2 N–H and O–H groups in total. The van der Waals surface area contributed by atoms with E-state index in [1.165, 1.54) is 0 Å². The second-order valence-corrected chi connectivity index (χ2v) is 4.14. The van der Waals surface area contributed by atoms with Gasteiger partial charge in [0.25, 0.3) is 0 Å².